The summed E-state index contributed by atoms with van der Waals surface area (Å²) in [5.41, 5.74) is 4.84. The fourth-order valence-corrected chi connectivity index (χ4v) is 5.94. The molecule has 12 heteroatoms. The van der Waals surface area contributed by atoms with E-state index in [2.05, 4.69) is 16.4 Å². The van der Waals surface area contributed by atoms with Crippen LogP contribution >= 0.6 is 23.8 Å². The maximum atomic E-state index is 11.6. The molecule has 3 heterocycles. The number of ether oxygens (including phenoxy) is 3. The number of aromatic nitrogens is 2. The Morgan fingerprint density at radius 1 is 1.07 bits per heavy atom. The van der Waals surface area contributed by atoms with Crippen molar-refractivity contribution in [3.63, 3.8) is 0 Å². The van der Waals surface area contributed by atoms with Crippen molar-refractivity contribution in [2.75, 3.05) is 32.3 Å². The lowest BCUT2D eigenvalue weighted by Gasteiger charge is -2.28. The summed E-state index contributed by atoms with van der Waals surface area (Å²) in [4.78, 5) is 17.9. The first-order chi connectivity index (χ1) is 20.2. The van der Waals surface area contributed by atoms with Crippen LogP contribution in [-0.4, -0.2) is 47.0 Å². The van der Waals surface area contributed by atoms with Gasteiger partial charge in [0.1, 0.15) is 18.1 Å². The van der Waals surface area contributed by atoms with E-state index in [0.717, 1.165) is 28.3 Å². The van der Waals surface area contributed by atoms with Crippen molar-refractivity contribution in [3.8, 4) is 17.2 Å². The number of rotatable bonds is 10. The number of nitrogens with one attached hydrogen (secondary N) is 1. The highest BCUT2D eigenvalue weighted by Crippen LogP contribution is 2.45. The molecule has 2 aromatic carbocycles. The van der Waals surface area contributed by atoms with E-state index in [1.54, 1.807) is 26.5 Å². The standard InChI is InChI=1S/C30H30ClN5O5S/c1-18-15-22(19(2)34(18)25-17-21(36(37)38)9-11-27(25)40-4)29-28(24-7-5-6-12-32-24)33-30(42)35(29)20-8-10-26(23(31)16-20)41-14-13-39-3/h5-12,15-17,28-29H,13-14H2,1-4H3,(H,33,42)/t28-,29-/m0/s1. The Morgan fingerprint density at radius 2 is 1.86 bits per heavy atom. The molecule has 1 aliphatic rings. The van der Waals surface area contributed by atoms with Crippen molar-refractivity contribution >= 4 is 40.3 Å². The Balaban J connectivity index is 1.64. The first-order valence-electron chi connectivity index (χ1n) is 13.2. The van der Waals surface area contributed by atoms with Crippen molar-refractivity contribution in [1.29, 1.82) is 0 Å². The fraction of sp³-hybridized carbons (Fsp3) is 0.267. The van der Waals surface area contributed by atoms with Crippen LogP contribution in [0.2, 0.25) is 5.02 Å². The number of nitro benzene ring substituents is 1. The Labute approximate surface area is 253 Å². The number of pyridine rings is 1. The van der Waals surface area contributed by atoms with E-state index in [1.165, 1.54) is 12.1 Å². The number of thiocarbonyl (C=S) groups is 1. The summed E-state index contributed by atoms with van der Waals surface area (Å²) >= 11 is 12.5. The lowest BCUT2D eigenvalue weighted by molar-refractivity contribution is -0.384. The molecule has 0 unspecified atom stereocenters. The first-order valence-corrected chi connectivity index (χ1v) is 14.0. The van der Waals surface area contributed by atoms with E-state index < -0.39 is 4.92 Å². The molecular formula is C30H30ClN5O5S. The van der Waals surface area contributed by atoms with E-state index in [-0.39, 0.29) is 17.8 Å². The van der Waals surface area contributed by atoms with Crippen LogP contribution in [0, 0.1) is 24.0 Å². The molecule has 2 atom stereocenters. The number of anilines is 1. The molecule has 42 heavy (non-hydrogen) atoms. The summed E-state index contributed by atoms with van der Waals surface area (Å²) in [7, 11) is 3.16. The Bertz CT molecular complexity index is 1630. The normalized spacial score (nSPS) is 16.4. The maximum Gasteiger partial charge on any atom is 0.271 e. The molecule has 1 aliphatic heterocycles. The predicted molar refractivity (Wildman–Crippen MR) is 165 cm³/mol. The number of halogens is 1. The maximum absolute atomic E-state index is 11.6. The van der Waals surface area contributed by atoms with E-state index in [1.807, 2.05) is 59.7 Å². The van der Waals surface area contributed by atoms with Gasteiger partial charge in [0.25, 0.3) is 5.69 Å². The van der Waals surface area contributed by atoms with Gasteiger partial charge in [0.15, 0.2) is 5.11 Å². The third kappa shape index (κ3) is 5.50. The Morgan fingerprint density at radius 3 is 2.52 bits per heavy atom. The smallest absolute Gasteiger partial charge is 0.271 e. The summed E-state index contributed by atoms with van der Waals surface area (Å²) in [6, 6.07) is 17.3. The molecule has 4 aromatic rings. The summed E-state index contributed by atoms with van der Waals surface area (Å²) < 4.78 is 18.4. The Kier molecular flexibility index (Phi) is 8.62. The van der Waals surface area contributed by atoms with Crippen LogP contribution < -0.4 is 19.7 Å². The zero-order valence-corrected chi connectivity index (χ0v) is 25.1. The van der Waals surface area contributed by atoms with Gasteiger partial charge in [-0.3, -0.25) is 15.1 Å². The van der Waals surface area contributed by atoms with Gasteiger partial charge < -0.3 is 29.0 Å². The van der Waals surface area contributed by atoms with Crippen LogP contribution in [0.3, 0.4) is 0 Å². The quantitative estimate of drug-likeness (QED) is 0.0967. The van der Waals surface area contributed by atoms with Gasteiger partial charge in [-0.05, 0) is 74.1 Å². The summed E-state index contributed by atoms with van der Waals surface area (Å²) in [6.07, 6.45) is 1.75. The van der Waals surface area contributed by atoms with Gasteiger partial charge in [-0.2, -0.15) is 0 Å². The van der Waals surface area contributed by atoms with Crippen molar-refractivity contribution in [1.82, 2.24) is 14.9 Å². The van der Waals surface area contributed by atoms with Crippen LogP contribution in [0.5, 0.6) is 11.5 Å². The van der Waals surface area contributed by atoms with E-state index >= 15 is 0 Å². The van der Waals surface area contributed by atoms with Gasteiger partial charge in [0.2, 0.25) is 0 Å². The van der Waals surface area contributed by atoms with Crippen LogP contribution in [0.15, 0.2) is 66.9 Å². The number of non-ortho nitro benzene ring substituents is 1. The highest BCUT2D eigenvalue weighted by Gasteiger charge is 2.42. The molecule has 2 aromatic heterocycles. The SMILES string of the molecule is COCCOc1ccc(N2C(=S)N[C@@H](c3ccccn3)[C@@H]2c2cc(C)n(-c3cc([N+](=O)[O-])ccc3OC)c2C)cc1Cl. The van der Waals surface area contributed by atoms with Crippen molar-refractivity contribution in [2.45, 2.75) is 25.9 Å². The van der Waals surface area contributed by atoms with Gasteiger partial charge in [-0.1, -0.05) is 17.7 Å². The lowest BCUT2D eigenvalue weighted by Crippen LogP contribution is -2.29. The number of methoxy groups -OCH3 is 2. The van der Waals surface area contributed by atoms with E-state index in [4.69, 9.17) is 38.0 Å². The van der Waals surface area contributed by atoms with Gasteiger partial charge in [-0.25, -0.2) is 0 Å². The minimum atomic E-state index is -0.414. The number of benzene rings is 2. The van der Waals surface area contributed by atoms with Crippen molar-refractivity contribution in [3.05, 3.63) is 105 Å². The van der Waals surface area contributed by atoms with Crippen molar-refractivity contribution < 1.29 is 19.1 Å². The molecule has 5 rings (SSSR count). The van der Waals surface area contributed by atoms with Gasteiger partial charge in [0, 0.05) is 42.5 Å². The van der Waals surface area contributed by atoms with Crippen LogP contribution in [0.4, 0.5) is 11.4 Å². The molecule has 218 valence electrons. The summed E-state index contributed by atoms with van der Waals surface area (Å²) in [5.74, 6) is 1.06. The molecule has 1 saturated heterocycles. The zero-order chi connectivity index (χ0) is 30.0. The number of hydrogen-bond donors (Lipinski definition) is 1. The Hall–Kier alpha value is -4.19. The second kappa shape index (κ2) is 12.4. The third-order valence-corrected chi connectivity index (χ3v) is 7.85. The van der Waals surface area contributed by atoms with Crippen LogP contribution in [0.1, 0.15) is 34.7 Å². The average molecular weight is 608 g/mol. The van der Waals surface area contributed by atoms with Crippen LogP contribution in [-0.2, 0) is 4.74 Å². The minimum Gasteiger partial charge on any atom is -0.495 e. The highest BCUT2D eigenvalue weighted by atomic mass is 35.5. The molecule has 1 N–H and O–H groups in total. The monoisotopic (exact) mass is 607 g/mol. The molecule has 0 radical (unpaired) electrons. The molecule has 0 spiro atoms. The van der Waals surface area contributed by atoms with E-state index in [9.17, 15) is 10.1 Å². The number of hydrogen-bond acceptors (Lipinski definition) is 7. The molecule has 0 aliphatic carbocycles. The number of nitrogens with zero attached hydrogens (tertiary/aromatic N) is 4. The van der Waals surface area contributed by atoms with Gasteiger partial charge in [0.05, 0.1) is 47.1 Å². The fourth-order valence-electron chi connectivity index (χ4n) is 5.37. The summed E-state index contributed by atoms with van der Waals surface area (Å²) in [6.45, 7) is 4.75. The molecule has 10 nitrogen and oxygen atoms in total. The number of nitro groups is 1. The van der Waals surface area contributed by atoms with Crippen molar-refractivity contribution in [2.24, 2.45) is 0 Å². The second-order valence-corrected chi connectivity index (χ2v) is 10.5. The van der Waals surface area contributed by atoms with Gasteiger partial charge in [-0.15, -0.1) is 0 Å². The molecule has 0 amide bonds. The second-order valence-electron chi connectivity index (χ2n) is 9.73. The predicted octanol–water partition coefficient (Wildman–Crippen LogP) is 6.26. The molecule has 0 bridgehead atoms. The lowest BCUT2D eigenvalue weighted by atomic mass is 9.96. The topological polar surface area (TPSA) is 104 Å². The largest absolute Gasteiger partial charge is 0.495 e. The highest BCUT2D eigenvalue weighted by molar-refractivity contribution is 7.80. The number of aryl methyl sites for hydroxylation is 1. The van der Waals surface area contributed by atoms with E-state index in [0.29, 0.717) is 40.5 Å². The molecule has 0 saturated carbocycles. The molecule has 1 fully saturated rings. The zero-order valence-electron chi connectivity index (χ0n) is 23.5. The minimum absolute atomic E-state index is 0.0287. The first kappa shape index (κ1) is 29.3. The third-order valence-electron chi connectivity index (χ3n) is 7.24. The molecular weight excluding hydrogens is 578 g/mol. The average Bonchev–Trinajstić information content (AvgIpc) is 3.48. The van der Waals surface area contributed by atoms with Crippen LogP contribution in [0.25, 0.3) is 5.69 Å². The van der Waals surface area contributed by atoms with Gasteiger partial charge >= 0.3 is 0 Å². The summed E-state index contributed by atoms with van der Waals surface area (Å²) in [5, 5.41) is 16.0.